The Morgan fingerprint density at radius 2 is 1.83 bits per heavy atom. The van der Waals surface area contributed by atoms with Crippen molar-refractivity contribution in [2.45, 2.75) is 19.3 Å². The maximum absolute atomic E-state index is 12.2. The summed E-state index contributed by atoms with van der Waals surface area (Å²) in [6.07, 6.45) is 0.591. The second kappa shape index (κ2) is 7.65. The highest BCUT2D eigenvalue weighted by Gasteiger charge is 2.19. The molecule has 0 aromatic heterocycles. The minimum Gasteiger partial charge on any atom is -0.507 e. The van der Waals surface area contributed by atoms with Gasteiger partial charge in [0.2, 0.25) is 5.91 Å². The number of amides is 2. The van der Waals surface area contributed by atoms with E-state index < -0.39 is 5.91 Å². The predicted molar refractivity (Wildman–Crippen MR) is 88.2 cm³/mol. The molecule has 0 radical (unpaired) electrons. The van der Waals surface area contributed by atoms with Crippen LogP contribution < -0.4 is 10.9 Å². The lowest BCUT2D eigenvalue weighted by atomic mass is 9.96. The average Bonchev–Trinajstić information content (AvgIpc) is 2.56. The number of halogens is 1. The first-order chi connectivity index (χ1) is 11.0. The fourth-order valence-electron chi connectivity index (χ4n) is 2.22. The standard InChI is InChI=1S/C17H17ClN2O3/c1-2-13(11-6-4-3-5-7-11)16(22)19-20-17(23)14-10-12(18)8-9-15(14)21/h3-10,13,21H,2H2,1H3,(H,19,22)(H,20,23). The number of hydrogen-bond acceptors (Lipinski definition) is 3. The molecule has 0 saturated carbocycles. The molecule has 0 aliphatic rings. The van der Waals surface area contributed by atoms with Gasteiger partial charge in [-0.05, 0) is 30.2 Å². The normalized spacial score (nSPS) is 11.6. The quantitative estimate of drug-likeness (QED) is 0.753. The van der Waals surface area contributed by atoms with Gasteiger partial charge in [-0.3, -0.25) is 20.4 Å². The Balaban J connectivity index is 2.03. The molecule has 120 valence electrons. The van der Waals surface area contributed by atoms with Crippen LogP contribution >= 0.6 is 11.6 Å². The summed E-state index contributed by atoms with van der Waals surface area (Å²) in [7, 11) is 0. The van der Waals surface area contributed by atoms with Crippen molar-refractivity contribution in [1.29, 1.82) is 0 Å². The van der Waals surface area contributed by atoms with Gasteiger partial charge in [0.1, 0.15) is 5.75 Å². The Morgan fingerprint density at radius 3 is 2.48 bits per heavy atom. The highest BCUT2D eigenvalue weighted by atomic mass is 35.5. The second-order valence-electron chi connectivity index (χ2n) is 4.98. The molecule has 2 aromatic carbocycles. The van der Waals surface area contributed by atoms with Gasteiger partial charge in [-0.2, -0.15) is 0 Å². The van der Waals surface area contributed by atoms with E-state index in [1.807, 2.05) is 37.3 Å². The van der Waals surface area contributed by atoms with E-state index in [1.165, 1.54) is 18.2 Å². The van der Waals surface area contributed by atoms with Crippen LogP contribution in [0.3, 0.4) is 0 Å². The predicted octanol–water partition coefficient (Wildman–Crippen LogP) is 3.00. The van der Waals surface area contributed by atoms with Crippen LogP contribution in [0.15, 0.2) is 48.5 Å². The van der Waals surface area contributed by atoms with Gasteiger partial charge in [0.25, 0.3) is 5.91 Å². The molecule has 6 heteroatoms. The highest BCUT2D eigenvalue weighted by molar-refractivity contribution is 6.31. The van der Waals surface area contributed by atoms with Gasteiger partial charge in [-0.25, -0.2) is 0 Å². The highest BCUT2D eigenvalue weighted by Crippen LogP contribution is 2.21. The summed E-state index contributed by atoms with van der Waals surface area (Å²) in [4.78, 5) is 24.3. The van der Waals surface area contributed by atoms with Crippen molar-refractivity contribution in [3.05, 3.63) is 64.7 Å². The van der Waals surface area contributed by atoms with Gasteiger partial charge < -0.3 is 5.11 Å². The molecule has 3 N–H and O–H groups in total. The molecule has 23 heavy (non-hydrogen) atoms. The van der Waals surface area contributed by atoms with E-state index in [4.69, 9.17) is 11.6 Å². The van der Waals surface area contributed by atoms with E-state index in [9.17, 15) is 14.7 Å². The summed E-state index contributed by atoms with van der Waals surface area (Å²) in [6.45, 7) is 1.89. The minimum absolute atomic E-state index is 0.00874. The van der Waals surface area contributed by atoms with Crippen molar-refractivity contribution < 1.29 is 14.7 Å². The monoisotopic (exact) mass is 332 g/mol. The van der Waals surface area contributed by atoms with E-state index in [2.05, 4.69) is 10.9 Å². The molecular weight excluding hydrogens is 316 g/mol. The first-order valence-corrected chi connectivity index (χ1v) is 7.54. The number of phenols is 1. The zero-order valence-corrected chi connectivity index (χ0v) is 13.3. The summed E-state index contributed by atoms with van der Waals surface area (Å²) in [5, 5.41) is 9.99. The Morgan fingerprint density at radius 1 is 1.13 bits per heavy atom. The van der Waals surface area contributed by atoms with Crippen LogP contribution in [0.1, 0.15) is 35.2 Å². The number of hydrogen-bond donors (Lipinski definition) is 3. The van der Waals surface area contributed by atoms with Gasteiger partial charge in [-0.1, -0.05) is 48.9 Å². The molecule has 1 unspecified atom stereocenters. The molecule has 0 aliphatic carbocycles. The molecule has 1 atom stereocenters. The SMILES string of the molecule is CCC(C(=O)NNC(=O)c1cc(Cl)ccc1O)c1ccccc1. The topological polar surface area (TPSA) is 78.4 Å². The molecule has 0 saturated heterocycles. The summed E-state index contributed by atoms with van der Waals surface area (Å²) < 4.78 is 0. The molecular formula is C17H17ClN2O3. The summed E-state index contributed by atoms with van der Waals surface area (Å²) in [5.41, 5.74) is 5.54. The number of aromatic hydroxyl groups is 1. The van der Waals surface area contributed by atoms with E-state index in [-0.39, 0.29) is 23.1 Å². The van der Waals surface area contributed by atoms with Crippen LogP contribution in [0.2, 0.25) is 5.02 Å². The number of benzene rings is 2. The number of phenolic OH excluding ortho intramolecular Hbond substituents is 1. The van der Waals surface area contributed by atoms with Crippen molar-refractivity contribution in [3.63, 3.8) is 0 Å². The smallest absolute Gasteiger partial charge is 0.273 e. The van der Waals surface area contributed by atoms with E-state index in [0.29, 0.717) is 11.4 Å². The maximum Gasteiger partial charge on any atom is 0.273 e. The second-order valence-corrected chi connectivity index (χ2v) is 5.41. The number of nitrogens with one attached hydrogen (secondary N) is 2. The Bertz CT molecular complexity index is 704. The first-order valence-electron chi connectivity index (χ1n) is 7.16. The minimum atomic E-state index is -0.638. The molecule has 0 heterocycles. The molecule has 2 aromatic rings. The molecule has 2 amide bonds. The van der Waals surface area contributed by atoms with Crippen molar-refractivity contribution in [2.75, 3.05) is 0 Å². The van der Waals surface area contributed by atoms with Crippen molar-refractivity contribution in [3.8, 4) is 5.75 Å². The van der Waals surface area contributed by atoms with Crippen LogP contribution in [-0.2, 0) is 4.79 Å². The lowest BCUT2D eigenvalue weighted by Gasteiger charge is -2.16. The molecule has 0 fully saturated rings. The third-order valence-electron chi connectivity index (χ3n) is 3.43. The number of carbonyl (C=O) groups is 2. The summed E-state index contributed by atoms with van der Waals surface area (Å²) >= 11 is 5.80. The van der Waals surface area contributed by atoms with Crippen molar-refractivity contribution >= 4 is 23.4 Å². The largest absolute Gasteiger partial charge is 0.507 e. The Kier molecular flexibility index (Phi) is 5.60. The average molecular weight is 333 g/mol. The molecule has 0 aliphatic heterocycles. The third kappa shape index (κ3) is 4.23. The van der Waals surface area contributed by atoms with E-state index in [1.54, 1.807) is 0 Å². The lowest BCUT2D eigenvalue weighted by molar-refractivity contribution is -0.123. The lowest BCUT2D eigenvalue weighted by Crippen LogP contribution is -2.43. The van der Waals surface area contributed by atoms with Crippen LogP contribution in [-0.4, -0.2) is 16.9 Å². The fraction of sp³-hybridized carbons (Fsp3) is 0.176. The maximum atomic E-state index is 12.2. The molecule has 5 nitrogen and oxygen atoms in total. The van der Waals surface area contributed by atoms with Gasteiger partial charge in [0.15, 0.2) is 0 Å². The number of hydrazine groups is 1. The van der Waals surface area contributed by atoms with Crippen LogP contribution in [0, 0.1) is 0 Å². The fourth-order valence-corrected chi connectivity index (χ4v) is 2.39. The molecule has 0 spiro atoms. The zero-order valence-electron chi connectivity index (χ0n) is 12.5. The Labute approximate surface area is 139 Å². The van der Waals surface area contributed by atoms with Crippen LogP contribution in [0.25, 0.3) is 0 Å². The summed E-state index contributed by atoms with van der Waals surface area (Å²) in [5.74, 6) is -1.55. The van der Waals surface area contributed by atoms with Crippen molar-refractivity contribution in [2.24, 2.45) is 0 Å². The number of rotatable bonds is 4. The van der Waals surface area contributed by atoms with E-state index >= 15 is 0 Å². The van der Waals surface area contributed by atoms with Gasteiger partial charge in [0.05, 0.1) is 11.5 Å². The third-order valence-corrected chi connectivity index (χ3v) is 3.66. The van der Waals surface area contributed by atoms with Gasteiger partial charge >= 0.3 is 0 Å². The first kappa shape index (κ1) is 16.8. The summed E-state index contributed by atoms with van der Waals surface area (Å²) in [6, 6.07) is 13.4. The van der Waals surface area contributed by atoms with Gasteiger partial charge in [-0.15, -0.1) is 0 Å². The van der Waals surface area contributed by atoms with Crippen molar-refractivity contribution in [1.82, 2.24) is 10.9 Å². The number of carbonyl (C=O) groups excluding carboxylic acids is 2. The van der Waals surface area contributed by atoms with Crippen LogP contribution in [0.4, 0.5) is 0 Å². The van der Waals surface area contributed by atoms with Gasteiger partial charge in [0, 0.05) is 5.02 Å². The molecule has 2 rings (SSSR count). The van der Waals surface area contributed by atoms with Crippen LogP contribution in [0.5, 0.6) is 5.75 Å². The zero-order chi connectivity index (χ0) is 16.8. The van der Waals surface area contributed by atoms with E-state index in [0.717, 1.165) is 5.56 Å². The Hall–Kier alpha value is -2.53. The molecule has 0 bridgehead atoms.